The van der Waals surface area contributed by atoms with Gasteiger partial charge in [-0.15, -0.1) is 0 Å². The second-order valence-electron chi connectivity index (χ2n) is 1.73. The standard InChI is InChI=1S/C5H2ClN3Se/c6-3-1-2-7-5-4(3)8-10-9-5/h1-2H. The van der Waals surface area contributed by atoms with Gasteiger partial charge in [-0.1, -0.05) is 0 Å². The van der Waals surface area contributed by atoms with Crippen LogP contribution < -0.4 is 0 Å². The molecule has 0 aliphatic carbocycles. The molecule has 0 aliphatic heterocycles. The molecule has 0 fully saturated rings. The van der Waals surface area contributed by atoms with Gasteiger partial charge in [0.2, 0.25) is 0 Å². The van der Waals surface area contributed by atoms with Gasteiger partial charge in [0.15, 0.2) is 0 Å². The third-order valence-corrected chi connectivity index (χ3v) is 2.51. The van der Waals surface area contributed by atoms with E-state index in [4.69, 9.17) is 11.6 Å². The number of aromatic nitrogens is 3. The molecule has 0 amide bonds. The fraction of sp³-hybridized carbons (Fsp3) is 0. The Morgan fingerprint density at radius 1 is 1.40 bits per heavy atom. The molecule has 2 aromatic heterocycles. The fourth-order valence-corrected chi connectivity index (χ4v) is 2.05. The van der Waals surface area contributed by atoms with Gasteiger partial charge in [-0.25, -0.2) is 0 Å². The molecule has 5 heteroatoms. The molecule has 0 radical (unpaired) electrons. The van der Waals surface area contributed by atoms with Gasteiger partial charge in [-0.05, 0) is 0 Å². The van der Waals surface area contributed by atoms with Crippen molar-refractivity contribution in [1.29, 1.82) is 0 Å². The summed E-state index contributed by atoms with van der Waals surface area (Å²) in [4.78, 5) is 3.99. The van der Waals surface area contributed by atoms with E-state index in [-0.39, 0.29) is 15.0 Å². The van der Waals surface area contributed by atoms with Crippen LogP contribution >= 0.6 is 11.6 Å². The topological polar surface area (TPSA) is 38.7 Å². The number of hydrogen-bond donors (Lipinski definition) is 0. The van der Waals surface area contributed by atoms with E-state index in [1.807, 2.05) is 0 Å². The van der Waals surface area contributed by atoms with Crippen LogP contribution in [0.4, 0.5) is 0 Å². The molecule has 10 heavy (non-hydrogen) atoms. The summed E-state index contributed by atoms with van der Waals surface area (Å²) in [5.41, 5.74) is 1.44. The van der Waals surface area contributed by atoms with E-state index >= 15 is 0 Å². The van der Waals surface area contributed by atoms with Crippen LogP contribution in [-0.2, 0) is 0 Å². The van der Waals surface area contributed by atoms with Gasteiger partial charge in [0.05, 0.1) is 0 Å². The van der Waals surface area contributed by atoms with E-state index in [0.717, 1.165) is 5.52 Å². The van der Waals surface area contributed by atoms with Crippen LogP contribution in [-0.4, -0.2) is 27.9 Å². The monoisotopic (exact) mass is 219 g/mol. The number of nitrogens with zero attached hydrogens (tertiary/aromatic N) is 3. The van der Waals surface area contributed by atoms with Gasteiger partial charge < -0.3 is 0 Å². The van der Waals surface area contributed by atoms with Crippen molar-refractivity contribution in [2.75, 3.05) is 0 Å². The Labute approximate surface area is 68.3 Å². The molecule has 0 unspecified atom stereocenters. The molecule has 50 valence electrons. The van der Waals surface area contributed by atoms with E-state index in [1.165, 1.54) is 0 Å². The molecular formula is C5H2ClN3Se. The summed E-state index contributed by atoms with van der Waals surface area (Å²) < 4.78 is 8.16. The van der Waals surface area contributed by atoms with Crippen LogP contribution in [0.25, 0.3) is 11.2 Å². The Bertz CT molecular complexity index is 358. The van der Waals surface area contributed by atoms with Crippen molar-refractivity contribution in [3.05, 3.63) is 17.3 Å². The molecule has 0 saturated heterocycles. The Balaban J connectivity index is 2.95. The van der Waals surface area contributed by atoms with E-state index < -0.39 is 0 Å². The van der Waals surface area contributed by atoms with Crippen LogP contribution in [0.1, 0.15) is 0 Å². The SMILES string of the molecule is Clc1ccnc2n[se]nc12. The molecule has 0 bridgehead atoms. The zero-order chi connectivity index (χ0) is 6.97. The van der Waals surface area contributed by atoms with Gasteiger partial charge in [0.1, 0.15) is 0 Å². The number of rotatable bonds is 0. The number of pyridine rings is 1. The molecule has 0 N–H and O–H groups in total. The van der Waals surface area contributed by atoms with Crippen molar-refractivity contribution in [3.63, 3.8) is 0 Å². The number of hydrogen-bond acceptors (Lipinski definition) is 3. The zero-order valence-electron chi connectivity index (χ0n) is 4.78. The summed E-state index contributed by atoms with van der Waals surface area (Å²) >= 11 is 5.76. The van der Waals surface area contributed by atoms with Gasteiger partial charge in [-0.2, -0.15) is 0 Å². The molecule has 2 aromatic rings. The van der Waals surface area contributed by atoms with E-state index in [2.05, 4.69) is 12.9 Å². The molecule has 2 rings (SSSR count). The minimum absolute atomic E-state index is 0.0275. The van der Waals surface area contributed by atoms with E-state index in [9.17, 15) is 0 Å². The Hall–Kier alpha value is -0.441. The van der Waals surface area contributed by atoms with Crippen molar-refractivity contribution in [3.8, 4) is 0 Å². The maximum atomic E-state index is 5.79. The van der Waals surface area contributed by atoms with Crippen molar-refractivity contribution >= 4 is 37.7 Å². The first kappa shape index (κ1) is 6.28. The van der Waals surface area contributed by atoms with Crippen molar-refractivity contribution < 1.29 is 0 Å². The first-order valence-corrected chi connectivity index (χ1v) is 4.52. The van der Waals surface area contributed by atoms with Crippen molar-refractivity contribution in [1.82, 2.24) is 12.9 Å². The first-order valence-electron chi connectivity index (χ1n) is 2.61. The predicted molar refractivity (Wildman–Crippen MR) is 39.3 cm³/mol. The van der Waals surface area contributed by atoms with Gasteiger partial charge in [0.25, 0.3) is 0 Å². The molecule has 0 atom stereocenters. The van der Waals surface area contributed by atoms with Crippen LogP contribution in [0.5, 0.6) is 0 Å². The van der Waals surface area contributed by atoms with Crippen molar-refractivity contribution in [2.45, 2.75) is 0 Å². The first-order chi connectivity index (χ1) is 4.88. The number of halogens is 1. The quantitative estimate of drug-likeness (QED) is 0.612. The van der Waals surface area contributed by atoms with Crippen molar-refractivity contribution in [2.24, 2.45) is 0 Å². The second kappa shape index (κ2) is 2.31. The summed E-state index contributed by atoms with van der Waals surface area (Å²) in [6.07, 6.45) is 1.64. The maximum absolute atomic E-state index is 5.79. The molecule has 2 heterocycles. The predicted octanol–water partition coefficient (Wildman–Crippen LogP) is 0.735. The summed E-state index contributed by atoms with van der Waals surface area (Å²) in [6, 6.07) is 1.72. The van der Waals surface area contributed by atoms with Gasteiger partial charge in [-0.3, -0.25) is 0 Å². The Morgan fingerprint density at radius 2 is 2.30 bits per heavy atom. The fourth-order valence-electron chi connectivity index (χ4n) is 0.671. The summed E-state index contributed by atoms with van der Waals surface area (Å²) in [7, 11) is 0. The van der Waals surface area contributed by atoms with E-state index in [1.54, 1.807) is 12.3 Å². The van der Waals surface area contributed by atoms with E-state index in [0.29, 0.717) is 10.7 Å². The third-order valence-electron chi connectivity index (χ3n) is 1.12. The second-order valence-corrected chi connectivity index (χ2v) is 3.25. The average molecular weight is 219 g/mol. The minimum atomic E-state index is -0.0275. The molecule has 0 saturated carbocycles. The third kappa shape index (κ3) is 0.850. The average Bonchev–Trinajstić information content (AvgIpc) is 2.36. The Morgan fingerprint density at radius 3 is 3.10 bits per heavy atom. The summed E-state index contributed by atoms with van der Waals surface area (Å²) in [5, 5.41) is 0.646. The summed E-state index contributed by atoms with van der Waals surface area (Å²) in [5.74, 6) is 0. The molecule has 0 spiro atoms. The molecule has 0 aliphatic rings. The normalized spacial score (nSPS) is 10.5. The van der Waals surface area contributed by atoms with Crippen LogP contribution in [0.3, 0.4) is 0 Å². The van der Waals surface area contributed by atoms with Crippen LogP contribution in [0.2, 0.25) is 5.02 Å². The van der Waals surface area contributed by atoms with Gasteiger partial charge >= 0.3 is 68.0 Å². The molecule has 0 aromatic carbocycles. The summed E-state index contributed by atoms with van der Waals surface area (Å²) in [6.45, 7) is 0. The van der Waals surface area contributed by atoms with Gasteiger partial charge in [0, 0.05) is 0 Å². The molecule has 3 nitrogen and oxygen atoms in total. The van der Waals surface area contributed by atoms with Crippen LogP contribution in [0.15, 0.2) is 12.3 Å². The molecular weight excluding hydrogens is 216 g/mol. The van der Waals surface area contributed by atoms with Crippen LogP contribution in [0, 0.1) is 0 Å². The number of fused-ring (bicyclic) bond motifs is 1. The Kier molecular flexibility index (Phi) is 1.45. The zero-order valence-corrected chi connectivity index (χ0v) is 7.25.